The first-order chi connectivity index (χ1) is 10.6. The highest BCUT2D eigenvalue weighted by Crippen LogP contribution is 2.06. The molecule has 0 saturated heterocycles. The molecule has 0 bridgehead atoms. The Kier molecular flexibility index (Phi) is 5.59. The van der Waals surface area contributed by atoms with Gasteiger partial charge in [-0.15, -0.1) is 0 Å². The Labute approximate surface area is 127 Å². The van der Waals surface area contributed by atoms with Gasteiger partial charge in [-0.1, -0.05) is 24.3 Å². The minimum atomic E-state index is -0.433. The maximum atomic E-state index is 13.4. The minimum absolute atomic E-state index is 0.0970. The average molecular weight is 301 g/mol. The van der Waals surface area contributed by atoms with Gasteiger partial charge in [0.2, 0.25) is 11.8 Å². The van der Waals surface area contributed by atoms with Crippen molar-refractivity contribution in [1.82, 2.24) is 15.6 Å². The Balaban J connectivity index is 1.72. The molecule has 1 heterocycles. The third kappa shape index (κ3) is 4.97. The van der Waals surface area contributed by atoms with Crippen LogP contribution in [0.3, 0.4) is 0 Å². The highest BCUT2D eigenvalue weighted by molar-refractivity contribution is 5.85. The summed E-state index contributed by atoms with van der Waals surface area (Å²) in [5, 5.41) is 5.10. The van der Waals surface area contributed by atoms with Crippen LogP contribution in [0.2, 0.25) is 0 Å². The van der Waals surface area contributed by atoms with E-state index in [0.717, 1.165) is 5.69 Å². The van der Waals surface area contributed by atoms with Crippen molar-refractivity contribution in [2.75, 3.05) is 6.54 Å². The van der Waals surface area contributed by atoms with Crippen LogP contribution in [0.4, 0.5) is 4.39 Å². The van der Waals surface area contributed by atoms with E-state index < -0.39 is 11.7 Å². The monoisotopic (exact) mass is 301 g/mol. The van der Waals surface area contributed by atoms with Crippen LogP contribution in [0.5, 0.6) is 0 Å². The lowest BCUT2D eigenvalue weighted by molar-refractivity contribution is -0.125. The molecule has 22 heavy (non-hydrogen) atoms. The van der Waals surface area contributed by atoms with Gasteiger partial charge >= 0.3 is 0 Å². The van der Waals surface area contributed by atoms with Gasteiger partial charge in [-0.25, -0.2) is 4.39 Å². The topological polar surface area (TPSA) is 71.1 Å². The first-order valence-corrected chi connectivity index (χ1v) is 6.82. The van der Waals surface area contributed by atoms with E-state index in [-0.39, 0.29) is 18.9 Å². The zero-order valence-corrected chi connectivity index (χ0v) is 11.9. The SMILES string of the molecule is O=C(CNC(=O)Cc1ccccc1F)NCc1ccccn1. The summed E-state index contributed by atoms with van der Waals surface area (Å²) < 4.78 is 13.4. The summed E-state index contributed by atoms with van der Waals surface area (Å²) >= 11 is 0. The molecule has 0 unspecified atom stereocenters. The van der Waals surface area contributed by atoms with E-state index >= 15 is 0 Å². The number of aromatic nitrogens is 1. The molecule has 1 aromatic heterocycles. The molecular weight excluding hydrogens is 285 g/mol. The van der Waals surface area contributed by atoms with Crippen molar-refractivity contribution in [3.8, 4) is 0 Å². The van der Waals surface area contributed by atoms with Crippen molar-refractivity contribution in [3.63, 3.8) is 0 Å². The second-order valence-electron chi connectivity index (χ2n) is 4.64. The van der Waals surface area contributed by atoms with Crippen LogP contribution in [0.1, 0.15) is 11.3 Å². The Hall–Kier alpha value is -2.76. The van der Waals surface area contributed by atoms with E-state index in [4.69, 9.17) is 0 Å². The molecule has 0 saturated carbocycles. The number of halogens is 1. The molecule has 0 spiro atoms. The van der Waals surface area contributed by atoms with Gasteiger partial charge < -0.3 is 10.6 Å². The zero-order valence-electron chi connectivity index (χ0n) is 11.9. The number of benzene rings is 1. The van der Waals surface area contributed by atoms with Crippen LogP contribution in [0.15, 0.2) is 48.7 Å². The van der Waals surface area contributed by atoms with Gasteiger partial charge in [0.15, 0.2) is 0 Å². The molecule has 0 fully saturated rings. The van der Waals surface area contributed by atoms with Crippen molar-refractivity contribution in [2.45, 2.75) is 13.0 Å². The summed E-state index contributed by atoms with van der Waals surface area (Å²) in [7, 11) is 0. The molecular formula is C16H16FN3O2. The van der Waals surface area contributed by atoms with E-state index in [9.17, 15) is 14.0 Å². The molecule has 1 aromatic carbocycles. The van der Waals surface area contributed by atoms with Gasteiger partial charge in [0.25, 0.3) is 0 Å². The van der Waals surface area contributed by atoms with Crippen molar-refractivity contribution >= 4 is 11.8 Å². The molecule has 2 rings (SSSR count). The zero-order chi connectivity index (χ0) is 15.8. The van der Waals surface area contributed by atoms with E-state index in [1.165, 1.54) is 12.1 Å². The number of nitrogens with one attached hydrogen (secondary N) is 2. The highest BCUT2D eigenvalue weighted by Gasteiger charge is 2.09. The van der Waals surface area contributed by atoms with Crippen molar-refractivity contribution in [2.24, 2.45) is 0 Å². The summed E-state index contributed by atoms with van der Waals surface area (Å²) in [5.74, 6) is -1.16. The molecule has 0 aliphatic carbocycles. The van der Waals surface area contributed by atoms with Gasteiger partial charge in [0.05, 0.1) is 25.2 Å². The van der Waals surface area contributed by atoms with Crippen LogP contribution >= 0.6 is 0 Å². The third-order valence-electron chi connectivity index (χ3n) is 2.95. The van der Waals surface area contributed by atoms with Crippen molar-refractivity contribution in [3.05, 3.63) is 65.7 Å². The fourth-order valence-electron chi connectivity index (χ4n) is 1.81. The Morgan fingerprint density at radius 2 is 1.77 bits per heavy atom. The maximum absolute atomic E-state index is 13.4. The second kappa shape index (κ2) is 7.87. The average Bonchev–Trinajstić information content (AvgIpc) is 2.54. The van der Waals surface area contributed by atoms with Gasteiger partial charge in [-0.2, -0.15) is 0 Å². The Morgan fingerprint density at radius 3 is 2.50 bits per heavy atom. The molecule has 0 aliphatic rings. The number of amides is 2. The maximum Gasteiger partial charge on any atom is 0.239 e. The van der Waals surface area contributed by atoms with Gasteiger partial charge in [0, 0.05) is 6.20 Å². The normalized spacial score (nSPS) is 10.0. The Morgan fingerprint density at radius 1 is 1.00 bits per heavy atom. The van der Waals surface area contributed by atoms with Crippen LogP contribution in [0.25, 0.3) is 0 Å². The Bertz CT molecular complexity index is 647. The standard InChI is InChI=1S/C16H16FN3O2/c17-14-7-2-1-5-12(14)9-15(21)20-11-16(22)19-10-13-6-3-4-8-18-13/h1-8H,9-11H2,(H,19,22)(H,20,21). The molecule has 0 atom stereocenters. The molecule has 114 valence electrons. The quantitative estimate of drug-likeness (QED) is 0.842. The van der Waals surface area contributed by atoms with Gasteiger partial charge in [0.1, 0.15) is 5.82 Å². The summed E-state index contributed by atoms with van der Waals surface area (Å²) in [5.41, 5.74) is 1.03. The fourth-order valence-corrected chi connectivity index (χ4v) is 1.81. The number of pyridine rings is 1. The fraction of sp³-hybridized carbons (Fsp3) is 0.188. The van der Waals surface area contributed by atoms with E-state index in [0.29, 0.717) is 12.1 Å². The predicted octanol–water partition coefficient (Wildman–Crippen LogP) is 1.20. The molecule has 2 aromatic rings. The summed E-state index contributed by atoms with van der Waals surface area (Å²) in [6.45, 7) is 0.142. The largest absolute Gasteiger partial charge is 0.349 e. The minimum Gasteiger partial charge on any atom is -0.349 e. The molecule has 0 radical (unpaired) electrons. The number of nitrogens with zero attached hydrogens (tertiary/aromatic N) is 1. The lowest BCUT2D eigenvalue weighted by Crippen LogP contribution is -2.37. The first-order valence-electron chi connectivity index (χ1n) is 6.82. The number of hydrogen-bond acceptors (Lipinski definition) is 3. The lowest BCUT2D eigenvalue weighted by Gasteiger charge is -2.07. The molecule has 2 N–H and O–H groups in total. The third-order valence-corrected chi connectivity index (χ3v) is 2.95. The molecule has 5 nitrogen and oxygen atoms in total. The summed E-state index contributed by atoms with van der Waals surface area (Å²) in [6.07, 6.45) is 1.54. The van der Waals surface area contributed by atoms with E-state index in [2.05, 4.69) is 15.6 Å². The summed E-state index contributed by atoms with van der Waals surface area (Å²) in [4.78, 5) is 27.4. The predicted molar refractivity (Wildman–Crippen MR) is 79.2 cm³/mol. The van der Waals surface area contributed by atoms with Crippen LogP contribution in [0, 0.1) is 5.82 Å². The van der Waals surface area contributed by atoms with E-state index in [1.807, 2.05) is 6.07 Å². The first kappa shape index (κ1) is 15.6. The number of carbonyl (C=O) groups is 2. The summed E-state index contributed by atoms with van der Waals surface area (Å²) in [6, 6.07) is 11.4. The second-order valence-corrected chi connectivity index (χ2v) is 4.64. The molecule has 6 heteroatoms. The molecule has 0 aliphatic heterocycles. The van der Waals surface area contributed by atoms with Gasteiger partial charge in [-0.05, 0) is 23.8 Å². The molecule has 2 amide bonds. The van der Waals surface area contributed by atoms with E-state index in [1.54, 1.807) is 30.5 Å². The number of rotatable bonds is 6. The van der Waals surface area contributed by atoms with Crippen molar-refractivity contribution < 1.29 is 14.0 Å². The van der Waals surface area contributed by atoms with Gasteiger partial charge in [-0.3, -0.25) is 14.6 Å². The lowest BCUT2D eigenvalue weighted by atomic mass is 10.1. The highest BCUT2D eigenvalue weighted by atomic mass is 19.1. The van der Waals surface area contributed by atoms with Crippen molar-refractivity contribution in [1.29, 1.82) is 0 Å². The smallest absolute Gasteiger partial charge is 0.239 e. The van der Waals surface area contributed by atoms with Crippen LogP contribution in [-0.4, -0.2) is 23.3 Å². The van der Waals surface area contributed by atoms with Crippen LogP contribution < -0.4 is 10.6 Å². The van der Waals surface area contributed by atoms with Crippen LogP contribution in [-0.2, 0) is 22.6 Å². The number of carbonyl (C=O) groups excluding carboxylic acids is 2. The number of hydrogen-bond donors (Lipinski definition) is 2.